The molecule has 35 valence electrons. The summed E-state index contributed by atoms with van der Waals surface area (Å²) >= 11 is 0. The maximum atomic E-state index is 5.44. The smallest absolute Gasteiger partial charge is 0.0658 e. The van der Waals surface area contributed by atoms with E-state index in [2.05, 4.69) is 13.8 Å². The maximum Gasteiger partial charge on any atom is -0.0658 e. The van der Waals surface area contributed by atoms with Gasteiger partial charge in [-0.3, -0.25) is 5.82 Å². The van der Waals surface area contributed by atoms with Gasteiger partial charge in [0, 0.05) is 0 Å². The van der Waals surface area contributed by atoms with Crippen LogP contribution in [0.1, 0.15) is 20.8 Å². The van der Waals surface area contributed by atoms with Crippen LogP contribution in [-0.4, -0.2) is 7.85 Å². The van der Waals surface area contributed by atoms with E-state index in [1.807, 2.05) is 6.92 Å². The van der Waals surface area contributed by atoms with Crippen molar-refractivity contribution in [1.29, 1.82) is 0 Å². The molecule has 0 aliphatic carbocycles. The molecule has 0 saturated carbocycles. The first-order chi connectivity index (χ1) is 2.64. The molecule has 0 aromatic carbocycles. The van der Waals surface area contributed by atoms with Crippen LogP contribution in [0, 0.1) is 5.92 Å². The van der Waals surface area contributed by atoms with Gasteiger partial charge < -0.3 is 7.85 Å². The molecule has 1 atom stereocenters. The van der Waals surface area contributed by atoms with Gasteiger partial charge in [-0.2, -0.15) is 0 Å². The van der Waals surface area contributed by atoms with Gasteiger partial charge in [0.2, 0.25) is 0 Å². The average Bonchev–Trinajstić information content (AvgIpc) is 1.36. The summed E-state index contributed by atoms with van der Waals surface area (Å²) in [7, 11) is 5.44. The molecule has 0 saturated heterocycles. The molecule has 0 rings (SSSR count). The summed E-state index contributed by atoms with van der Waals surface area (Å²) in [6.07, 6.45) is 0. The molecule has 0 heterocycles. The minimum atomic E-state index is 0.352. The minimum Gasteiger partial charge on any atom is -0.622 e. The highest BCUT2D eigenvalue weighted by atomic mass is 14.0. The molecule has 0 unspecified atom stereocenters. The van der Waals surface area contributed by atoms with Crippen LogP contribution in [0.2, 0.25) is 5.82 Å². The topological polar surface area (TPSA) is 0 Å². The summed E-state index contributed by atoms with van der Waals surface area (Å²) in [4.78, 5) is 0. The van der Waals surface area contributed by atoms with Crippen LogP contribution in [0.3, 0.4) is 0 Å². The van der Waals surface area contributed by atoms with Gasteiger partial charge in [0.25, 0.3) is 0 Å². The van der Waals surface area contributed by atoms with E-state index in [-0.39, 0.29) is 0 Å². The first kappa shape index (κ1) is 6.06. The normalized spacial score (nSPS) is 15.5. The zero-order valence-corrected chi connectivity index (χ0v) is 4.73. The molecule has 0 nitrogen and oxygen atoms in total. The van der Waals surface area contributed by atoms with E-state index >= 15 is 0 Å². The summed E-state index contributed by atoms with van der Waals surface area (Å²) < 4.78 is 0. The summed E-state index contributed by atoms with van der Waals surface area (Å²) in [5.74, 6) is 0.981. The summed E-state index contributed by atoms with van der Waals surface area (Å²) in [6.45, 7) is 6.25. The van der Waals surface area contributed by atoms with Crippen LogP contribution in [0.4, 0.5) is 0 Å². The number of hydrogen-bond donors (Lipinski definition) is 0. The van der Waals surface area contributed by atoms with Crippen molar-refractivity contribution >= 4 is 7.85 Å². The van der Waals surface area contributed by atoms with Crippen LogP contribution in [0.5, 0.6) is 0 Å². The SMILES string of the molecule is [B-][C@@H](C)C(C)C. The standard InChI is InChI=1S/C5H11B/c1-4(2)5(3)6/h4-5H,1-3H3/q-1/t5-/m0/s1. The summed E-state index contributed by atoms with van der Waals surface area (Å²) in [5, 5.41) is 0. The predicted octanol–water partition coefficient (Wildman–Crippen LogP) is 1.62. The van der Waals surface area contributed by atoms with Gasteiger partial charge in [-0.25, -0.2) is 0 Å². The summed E-state index contributed by atoms with van der Waals surface area (Å²) in [6, 6.07) is 0. The lowest BCUT2D eigenvalue weighted by Gasteiger charge is -2.21. The molecule has 3 radical (unpaired) electrons. The summed E-state index contributed by atoms with van der Waals surface area (Å²) in [5.41, 5.74) is 0. The van der Waals surface area contributed by atoms with Crippen molar-refractivity contribution in [3.05, 3.63) is 0 Å². The van der Waals surface area contributed by atoms with Gasteiger partial charge in [-0.05, 0) is 0 Å². The van der Waals surface area contributed by atoms with E-state index in [9.17, 15) is 0 Å². The molecule has 0 aromatic heterocycles. The Kier molecular flexibility index (Phi) is 2.30. The van der Waals surface area contributed by atoms with Gasteiger partial charge in [-0.1, -0.05) is 19.8 Å². The van der Waals surface area contributed by atoms with Crippen LogP contribution in [0.25, 0.3) is 0 Å². The van der Waals surface area contributed by atoms with Crippen LogP contribution in [0.15, 0.2) is 0 Å². The quantitative estimate of drug-likeness (QED) is 0.421. The Bertz CT molecular complexity index is 24.9. The Morgan fingerprint density at radius 3 is 1.33 bits per heavy atom. The van der Waals surface area contributed by atoms with E-state index in [0.29, 0.717) is 11.7 Å². The molecule has 1 heteroatoms. The van der Waals surface area contributed by atoms with Gasteiger partial charge in [0.05, 0.1) is 0 Å². The molecule has 0 amide bonds. The van der Waals surface area contributed by atoms with E-state index in [4.69, 9.17) is 7.85 Å². The zero-order valence-electron chi connectivity index (χ0n) is 4.73. The minimum absolute atomic E-state index is 0.352. The van der Waals surface area contributed by atoms with Crippen molar-refractivity contribution in [2.24, 2.45) is 5.92 Å². The fourth-order valence-electron chi connectivity index (χ4n) is 0. The zero-order chi connectivity index (χ0) is 5.15. The number of hydrogen-bond acceptors (Lipinski definition) is 0. The second-order valence-electron chi connectivity index (χ2n) is 2.10. The monoisotopic (exact) mass is 82.1 g/mol. The molecular weight excluding hydrogens is 70.9 g/mol. The van der Waals surface area contributed by atoms with Gasteiger partial charge in [0.1, 0.15) is 0 Å². The van der Waals surface area contributed by atoms with Crippen LogP contribution < -0.4 is 0 Å². The van der Waals surface area contributed by atoms with E-state index < -0.39 is 0 Å². The number of rotatable bonds is 1. The fraction of sp³-hybridized carbons (Fsp3) is 1.00. The van der Waals surface area contributed by atoms with E-state index in [1.165, 1.54) is 0 Å². The third-order valence-electron chi connectivity index (χ3n) is 1.05. The van der Waals surface area contributed by atoms with Gasteiger partial charge in [-0.15, -0.1) is 6.92 Å². The largest absolute Gasteiger partial charge is 0.622 e. The highest BCUT2D eigenvalue weighted by Gasteiger charge is 1.83. The van der Waals surface area contributed by atoms with Crippen molar-refractivity contribution in [3.8, 4) is 0 Å². The molecule has 6 heavy (non-hydrogen) atoms. The molecule has 0 bridgehead atoms. The van der Waals surface area contributed by atoms with Crippen molar-refractivity contribution in [2.75, 3.05) is 0 Å². The highest BCUT2D eigenvalue weighted by molar-refractivity contribution is 6.11. The van der Waals surface area contributed by atoms with Crippen LogP contribution >= 0.6 is 0 Å². The maximum absolute atomic E-state index is 5.44. The molecule has 0 aromatic rings. The molecule has 0 N–H and O–H groups in total. The van der Waals surface area contributed by atoms with E-state index in [0.717, 1.165) is 0 Å². The molecule has 0 fully saturated rings. The van der Waals surface area contributed by atoms with Crippen LogP contribution in [-0.2, 0) is 0 Å². The average molecular weight is 82.0 g/mol. The van der Waals surface area contributed by atoms with E-state index in [1.54, 1.807) is 0 Å². The van der Waals surface area contributed by atoms with Crippen molar-refractivity contribution in [3.63, 3.8) is 0 Å². The van der Waals surface area contributed by atoms with Gasteiger partial charge >= 0.3 is 0 Å². The first-order valence-electron chi connectivity index (χ1n) is 2.40. The molecular formula is C5H11B-. The Morgan fingerprint density at radius 2 is 1.33 bits per heavy atom. The highest BCUT2D eigenvalue weighted by Crippen LogP contribution is 2.09. The Morgan fingerprint density at radius 1 is 1.17 bits per heavy atom. The van der Waals surface area contributed by atoms with Crippen molar-refractivity contribution < 1.29 is 0 Å². The second-order valence-corrected chi connectivity index (χ2v) is 2.10. The second kappa shape index (κ2) is 2.28. The lowest BCUT2D eigenvalue weighted by molar-refractivity contribution is 0.625. The third kappa shape index (κ3) is 2.31. The lowest BCUT2D eigenvalue weighted by atomic mass is 9.80. The Hall–Kier alpha value is 0.0649. The van der Waals surface area contributed by atoms with Gasteiger partial charge in [0.15, 0.2) is 0 Å². The van der Waals surface area contributed by atoms with Crippen molar-refractivity contribution in [2.45, 2.75) is 26.6 Å². The Labute approximate surface area is 41.4 Å². The molecule has 0 spiro atoms. The Balaban J connectivity index is 2.99. The third-order valence-corrected chi connectivity index (χ3v) is 1.05. The molecule has 0 aliphatic rings. The lowest BCUT2D eigenvalue weighted by Crippen LogP contribution is -1.93. The fourth-order valence-corrected chi connectivity index (χ4v) is 0. The molecule has 0 aliphatic heterocycles. The van der Waals surface area contributed by atoms with Crippen molar-refractivity contribution in [1.82, 2.24) is 0 Å². The first-order valence-corrected chi connectivity index (χ1v) is 2.40. The predicted molar refractivity (Wildman–Crippen MR) is 30.0 cm³/mol.